The van der Waals surface area contributed by atoms with E-state index in [4.69, 9.17) is 9.47 Å². The summed E-state index contributed by atoms with van der Waals surface area (Å²) in [5.41, 5.74) is 0.696. The SMILES string of the molecule is CCOc1ccc(NC(=O)OCCN(CC)CC)cc1. The summed E-state index contributed by atoms with van der Waals surface area (Å²) < 4.78 is 10.5. The minimum atomic E-state index is -0.429. The fraction of sp³-hybridized carbons (Fsp3) is 0.533. The summed E-state index contributed by atoms with van der Waals surface area (Å²) in [7, 11) is 0. The number of hydrogen-bond donors (Lipinski definition) is 1. The van der Waals surface area contributed by atoms with E-state index in [1.54, 1.807) is 12.1 Å². The molecule has 0 aliphatic carbocycles. The van der Waals surface area contributed by atoms with Crippen molar-refractivity contribution in [1.29, 1.82) is 0 Å². The second-order valence-corrected chi connectivity index (χ2v) is 4.25. The molecule has 5 heteroatoms. The van der Waals surface area contributed by atoms with Gasteiger partial charge in [0.25, 0.3) is 0 Å². The van der Waals surface area contributed by atoms with Crippen LogP contribution < -0.4 is 10.1 Å². The van der Waals surface area contributed by atoms with Gasteiger partial charge in [0.15, 0.2) is 0 Å². The Labute approximate surface area is 120 Å². The van der Waals surface area contributed by atoms with Gasteiger partial charge in [-0.3, -0.25) is 5.32 Å². The monoisotopic (exact) mass is 280 g/mol. The van der Waals surface area contributed by atoms with E-state index >= 15 is 0 Å². The van der Waals surface area contributed by atoms with Crippen LogP contribution in [0.25, 0.3) is 0 Å². The van der Waals surface area contributed by atoms with Crippen molar-refractivity contribution in [3.05, 3.63) is 24.3 Å². The van der Waals surface area contributed by atoms with Gasteiger partial charge in [0.2, 0.25) is 0 Å². The molecule has 0 atom stereocenters. The van der Waals surface area contributed by atoms with Crippen LogP contribution in [0.3, 0.4) is 0 Å². The van der Waals surface area contributed by atoms with E-state index in [-0.39, 0.29) is 0 Å². The van der Waals surface area contributed by atoms with Crippen molar-refractivity contribution in [2.45, 2.75) is 20.8 Å². The Bertz CT molecular complexity index is 389. The molecule has 1 aromatic carbocycles. The van der Waals surface area contributed by atoms with Crippen molar-refractivity contribution in [3.63, 3.8) is 0 Å². The highest BCUT2D eigenvalue weighted by Gasteiger charge is 2.05. The molecule has 0 saturated heterocycles. The first-order valence-corrected chi connectivity index (χ1v) is 7.08. The molecule has 0 fully saturated rings. The predicted molar refractivity (Wildman–Crippen MR) is 80.4 cm³/mol. The second-order valence-electron chi connectivity index (χ2n) is 4.25. The van der Waals surface area contributed by atoms with Gasteiger partial charge >= 0.3 is 6.09 Å². The van der Waals surface area contributed by atoms with Crippen LogP contribution in [-0.2, 0) is 4.74 Å². The summed E-state index contributed by atoms with van der Waals surface area (Å²) in [4.78, 5) is 13.8. The molecule has 0 aromatic heterocycles. The first-order chi connectivity index (χ1) is 9.69. The average molecular weight is 280 g/mol. The molecule has 1 amide bonds. The Morgan fingerprint density at radius 2 is 1.80 bits per heavy atom. The lowest BCUT2D eigenvalue weighted by Crippen LogP contribution is -2.28. The number of hydrogen-bond acceptors (Lipinski definition) is 4. The zero-order valence-corrected chi connectivity index (χ0v) is 12.5. The van der Waals surface area contributed by atoms with Crippen LogP contribution in [0.2, 0.25) is 0 Å². The quantitative estimate of drug-likeness (QED) is 0.795. The summed E-state index contributed by atoms with van der Waals surface area (Å²) >= 11 is 0. The van der Waals surface area contributed by atoms with Crippen molar-refractivity contribution < 1.29 is 14.3 Å². The highest BCUT2D eigenvalue weighted by Crippen LogP contribution is 2.15. The van der Waals surface area contributed by atoms with Gasteiger partial charge in [-0.2, -0.15) is 0 Å². The fourth-order valence-electron chi connectivity index (χ4n) is 1.76. The number of ether oxygens (including phenoxy) is 2. The summed E-state index contributed by atoms with van der Waals surface area (Å²) in [5, 5.41) is 2.69. The topological polar surface area (TPSA) is 50.8 Å². The molecule has 1 aromatic rings. The molecule has 1 N–H and O–H groups in total. The Kier molecular flexibility index (Phi) is 7.50. The number of carbonyl (C=O) groups is 1. The van der Waals surface area contributed by atoms with E-state index in [0.717, 1.165) is 25.4 Å². The summed E-state index contributed by atoms with van der Waals surface area (Å²) in [5.74, 6) is 0.785. The third kappa shape index (κ3) is 5.93. The molecule has 0 aliphatic rings. The molecule has 0 unspecified atom stereocenters. The van der Waals surface area contributed by atoms with Crippen LogP contribution in [0.1, 0.15) is 20.8 Å². The Morgan fingerprint density at radius 1 is 1.15 bits per heavy atom. The van der Waals surface area contributed by atoms with E-state index in [9.17, 15) is 4.79 Å². The number of nitrogens with zero attached hydrogens (tertiary/aromatic N) is 1. The summed E-state index contributed by atoms with van der Waals surface area (Å²) in [6, 6.07) is 7.21. The maximum absolute atomic E-state index is 11.6. The normalized spacial score (nSPS) is 10.4. The van der Waals surface area contributed by atoms with Gasteiger partial charge < -0.3 is 14.4 Å². The van der Waals surface area contributed by atoms with E-state index in [1.165, 1.54) is 0 Å². The number of amides is 1. The lowest BCUT2D eigenvalue weighted by Gasteiger charge is -2.17. The molecule has 0 aliphatic heterocycles. The Balaban J connectivity index is 2.31. The molecular formula is C15H24N2O3. The number of rotatable bonds is 8. The molecule has 0 saturated carbocycles. The van der Waals surface area contributed by atoms with Crippen molar-refractivity contribution in [3.8, 4) is 5.75 Å². The van der Waals surface area contributed by atoms with Gasteiger partial charge in [-0.15, -0.1) is 0 Å². The minimum absolute atomic E-state index is 0.393. The van der Waals surface area contributed by atoms with Crippen LogP contribution >= 0.6 is 0 Å². The fourth-order valence-corrected chi connectivity index (χ4v) is 1.76. The zero-order valence-electron chi connectivity index (χ0n) is 12.5. The number of likely N-dealkylation sites (N-methyl/N-ethyl adjacent to an activating group) is 1. The standard InChI is InChI=1S/C15H24N2O3/c1-4-17(5-2)11-12-20-15(18)16-13-7-9-14(10-8-13)19-6-3/h7-10H,4-6,11-12H2,1-3H3,(H,16,18). The first-order valence-electron chi connectivity index (χ1n) is 7.08. The van der Waals surface area contributed by atoms with Crippen LogP contribution in [0.15, 0.2) is 24.3 Å². The van der Waals surface area contributed by atoms with E-state index in [0.29, 0.717) is 18.9 Å². The summed E-state index contributed by atoms with van der Waals surface area (Å²) in [6.07, 6.45) is -0.429. The molecular weight excluding hydrogens is 256 g/mol. The number of carbonyl (C=O) groups excluding carboxylic acids is 1. The van der Waals surface area contributed by atoms with Crippen LogP contribution in [0.5, 0.6) is 5.75 Å². The number of benzene rings is 1. The first kappa shape index (κ1) is 16.3. The molecule has 0 bridgehead atoms. The van der Waals surface area contributed by atoms with Gasteiger partial charge in [-0.05, 0) is 44.3 Å². The van der Waals surface area contributed by atoms with Crippen LogP contribution in [-0.4, -0.2) is 43.8 Å². The molecule has 5 nitrogen and oxygen atoms in total. The Morgan fingerprint density at radius 3 is 2.35 bits per heavy atom. The molecule has 0 radical (unpaired) electrons. The van der Waals surface area contributed by atoms with Crippen LogP contribution in [0, 0.1) is 0 Å². The van der Waals surface area contributed by atoms with Crippen LogP contribution in [0.4, 0.5) is 10.5 Å². The van der Waals surface area contributed by atoms with Gasteiger partial charge in [-0.25, -0.2) is 4.79 Å². The van der Waals surface area contributed by atoms with Crippen molar-refractivity contribution in [2.24, 2.45) is 0 Å². The van der Waals surface area contributed by atoms with E-state index < -0.39 is 6.09 Å². The van der Waals surface area contributed by atoms with Gasteiger partial charge in [0, 0.05) is 12.2 Å². The Hall–Kier alpha value is -1.75. The average Bonchev–Trinajstić information content (AvgIpc) is 2.46. The van der Waals surface area contributed by atoms with Gasteiger partial charge in [0.05, 0.1) is 6.61 Å². The van der Waals surface area contributed by atoms with E-state index in [2.05, 4.69) is 24.1 Å². The maximum atomic E-state index is 11.6. The van der Waals surface area contributed by atoms with Gasteiger partial charge in [0.1, 0.15) is 12.4 Å². The third-order valence-corrected chi connectivity index (χ3v) is 2.95. The zero-order chi connectivity index (χ0) is 14.8. The molecule has 112 valence electrons. The van der Waals surface area contributed by atoms with Crippen molar-refractivity contribution >= 4 is 11.8 Å². The number of nitrogens with one attached hydrogen (secondary N) is 1. The second kappa shape index (κ2) is 9.20. The maximum Gasteiger partial charge on any atom is 0.411 e. The van der Waals surface area contributed by atoms with E-state index in [1.807, 2.05) is 19.1 Å². The lowest BCUT2D eigenvalue weighted by molar-refractivity contribution is 0.142. The molecule has 1 rings (SSSR count). The highest BCUT2D eigenvalue weighted by molar-refractivity contribution is 5.84. The third-order valence-electron chi connectivity index (χ3n) is 2.95. The smallest absolute Gasteiger partial charge is 0.411 e. The molecule has 0 spiro atoms. The van der Waals surface area contributed by atoms with Crippen molar-refractivity contribution in [1.82, 2.24) is 4.90 Å². The van der Waals surface area contributed by atoms with Gasteiger partial charge in [-0.1, -0.05) is 13.8 Å². The van der Waals surface area contributed by atoms with Crippen molar-refractivity contribution in [2.75, 3.05) is 38.2 Å². The number of anilines is 1. The predicted octanol–water partition coefficient (Wildman–Crippen LogP) is 2.98. The largest absolute Gasteiger partial charge is 0.494 e. The summed E-state index contributed by atoms with van der Waals surface area (Å²) in [6.45, 7) is 9.79. The lowest BCUT2D eigenvalue weighted by atomic mass is 10.3. The minimum Gasteiger partial charge on any atom is -0.494 e. The highest BCUT2D eigenvalue weighted by atomic mass is 16.5. The molecule has 0 heterocycles. The molecule has 20 heavy (non-hydrogen) atoms.